The lowest BCUT2D eigenvalue weighted by Crippen LogP contribution is -2.41. The van der Waals surface area contributed by atoms with Gasteiger partial charge >= 0.3 is 5.97 Å². The highest BCUT2D eigenvalue weighted by Crippen LogP contribution is 2.17. The van der Waals surface area contributed by atoms with E-state index in [1.165, 1.54) is 7.11 Å². The Morgan fingerprint density at radius 1 is 1.32 bits per heavy atom. The lowest BCUT2D eigenvalue weighted by Gasteiger charge is -2.17. The van der Waals surface area contributed by atoms with Crippen molar-refractivity contribution in [1.29, 1.82) is 0 Å². The number of hydrogen-bond donors (Lipinski definition) is 2. The summed E-state index contributed by atoms with van der Waals surface area (Å²) in [4.78, 5) is 23.2. The molecule has 1 rings (SSSR count). The zero-order valence-corrected chi connectivity index (χ0v) is 11.3. The van der Waals surface area contributed by atoms with Gasteiger partial charge in [0.15, 0.2) is 0 Å². The molecule has 1 aromatic carbocycles. The number of benzene rings is 1. The predicted octanol–water partition coefficient (Wildman–Crippen LogP) is 1.92. The number of carboxylic acid groups (broad SMARTS) is 1. The SMILES string of the molecule is COc1ccccc1C(=O)N[C@@H](CC(C)C)C(=O)O. The van der Waals surface area contributed by atoms with E-state index in [1.807, 2.05) is 13.8 Å². The van der Waals surface area contributed by atoms with Crippen LogP contribution in [0, 0.1) is 5.92 Å². The van der Waals surface area contributed by atoms with Crippen molar-refractivity contribution in [2.45, 2.75) is 26.3 Å². The third-order valence-corrected chi connectivity index (χ3v) is 2.66. The van der Waals surface area contributed by atoms with Crippen molar-refractivity contribution in [3.05, 3.63) is 29.8 Å². The summed E-state index contributed by atoms with van der Waals surface area (Å²) in [5, 5.41) is 11.6. The Morgan fingerprint density at radius 3 is 2.47 bits per heavy atom. The van der Waals surface area contributed by atoms with Crippen LogP contribution < -0.4 is 10.1 Å². The number of carbonyl (C=O) groups excluding carboxylic acids is 1. The van der Waals surface area contributed by atoms with Crippen molar-refractivity contribution < 1.29 is 19.4 Å². The monoisotopic (exact) mass is 265 g/mol. The molecular weight excluding hydrogens is 246 g/mol. The quantitative estimate of drug-likeness (QED) is 0.824. The second-order valence-corrected chi connectivity index (χ2v) is 4.69. The van der Waals surface area contributed by atoms with Gasteiger partial charge in [-0.2, -0.15) is 0 Å². The van der Waals surface area contributed by atoms with Crippen LogP contribution in [-0.2, 0) is 4.79 Å². The fourth-order valence-electron chi connectivity index (χ4n) is 1.76. The zero-order chi connectivity index (χ0) is 14.4. The minimum Gasteiger partial charge on any atom is -0.496 e. The summed E-state index contributed by atoms with van der Waals surface area (Å²) in [7, 11) is 1.47. The molecule has 0 aliphatic carbocycles. The summed E-state index contributed by atoms with van der Waals surface area (Å²) in [5.74, 6) is -0.866. The fraction of sp³-hybridized carbons (Fsp3) is 0.429. The molecule has 5 nitrogen and oxygen atoms in total. The predicted molar refractivity (Wildman–Crippen MR) is 71.3 cm³/mol. The van der Waals surface area contributed by atoms with E-state index in [0.29, 0.717) is 17.7 Å². The smallest absolute Gasteiger partial charge is 0.326 e. The number of ether oxygens (including phenoxy) is 1. The average Bonchev–Trinajstić information content (AvgIpc) is 2.37. The minimum atomic E-state index is -1.03. The zero-order valence-electron chi connectivity index (χ0n) is 11.3. The molecule has 0 aliphatic heterocycles. The number of nitrogens with one attached hydrogen (secondary N) is 1. The minimum absolute atomic E-state index is 0.180. The molecule has 0 unspecified atom stereocenters. The summed E-state index contributed by atoms with van der Waals surface area (Å²) < 4.78 is 5.08. The van der Waals surface area contributed by atoms with Gasteiger partial charge in [-0.25, -0.2) is 4.79 Å². The highest BCUT2D eigenvalue weighted by Gasteiger charge is 2.22. The molecule has 19 heavy (non-hydrogen) atoms. The first-order chi connectivity index (χ1) is 8.95. The van der Waals surface area contributed by atoms with E-state index in [-0.39, 0.29) is 5.92 Å². The van der Waals surface area contributed by atoms with Gasteiger partial charge in [-0.1, -0.05) is 26.0 Å². The van der Waals surface area contributed by atoms with Gasteiger partial charge in [0, 0.05) is 0 Å². The molecule has 0 saturated heterocycles. The molecule has 104 valence electrons. The molecule has 0 aromatic heterocycles. The van der Waals surface area contributed by atoms with Gasteiger partial charge in [-0.05, 0) is 24.5 Å². The first-order valence-corrected chi connectivity index (χ1v) is 6.12. The number of aliphatic carboxylic acids is 1. The fourth-order valence-corrected chi connectivity index (χ4v) is 1.76. The molecule has 0 fully saturated rings. The number of amides is 1. The van der Waals surface area contributed by atoms with Crippen molar-refractivity contribution >= 4 is 11.9 Å². The van der Waals surface area contributed by atoms with Crippen molar-refractivity contribution in [2.75, 3.05) is 7.11 Å². The molecule has 0 radical (unpaired) electrons. The van der Waals surface area contributed by atoms with Crippen LogP contribution in [0.4, 0.5) is 0 Å². The lowest BCUT2D eigenvalue weighted by atomic mass is 10.0. The van der Waals surface area contributed by atoms with Crippen LogP contribution in [0.3, 0.4) is 0 Å². The van der Waals surface area contributed by atoms with Gasteiger partial charge < -0.3 is 15.2 Å². The van der Waals surface area contributed by atoms with Gasteiger partial charge in [-0.3, -0.25) is 4.79 Å². The molecule has 0 heterocycles. The summed E-state index contributed by atoms with van der Waals surface area (Å²) in [6.45, 7) is 3.82. The molecule has 1 atom stereocenters. The van der Waals surface area contributed by atoms with Crippen LogP contribution in [-0.4, -0.2) is 30.1 Å². The van der Waals surface area contributed by atoms with Crippen LogP contribution >= 0.6 is 0 Å². The maximum Gasteiger partial charge on any atom is 0.326 e. The molecule has 0 spiro atoms. The van der Waals surface area contributed by atoms with Crippen LogP contribution in [0.1, 0.15) is 30.6 Å². The maximum absolute atomic E-state index is 12.1. The van der Waals surface area contributed by atoms with E-state index in [9.17, 15) is 9.59 Å². The van der Waals surface area contributed by atoms with Gasteiger partial charge in [0.25, 0.3) is 5.91 Å². The molecule has 0 saturated carbocycles. The van der Waals surface area contributed by atoms with Crippen LogP contribution in [0.2, 0.25) is 0 Å². The second-order valence-electron chi connectivity index (χ2n) is 4.69. The first-order valence-electron chi connectivity index (χ1n) is 6.12. The number of carboxylic acids is 1. The summed E-state index contributed by atoms with van der Waals surface area (Å²) >= 11 is 0. The Morgan fingerprint density at radius 2 is 1.95 bits per heavy atom. The molecule has 1 amide bonds. The van der Waals surface area contributed by atoms with E-state index < -0.39 is 17.9 Å². The number of para-hydroxylation sites is 1. The number of hydrogen-bond acceptors (Lipinski definition) is 3. The Hall–Kier alpha value is -2.04. The molecular formula is C14H19NO4. The van der Waals surface area contributed by atoms with Crippen LogP contribution in [0.25, 0.3) is 0 Å². The van der Waals surface area contributed by atoms with Crippen molar-refractivity contribution in [1.82, 2.24) is 5.32 Å². The second kappa shape index (κ2) is 6.78. The van der Waals surface area contributed by atoms with Crippen molar-refractivity contribution in [3.63, 3.8) is 0 Å². The van der Waals surface area contributed by atoms with E-state index in [2.05, 4.69) is 5.32 Å². The molecule has 5 heteroatoms. The summed E-state index contributed by atoms with van der Waals surface area (Å²) in [6.07, 6.45) is 0.385. The lowest BCUT2D eigenvalue weighted by molar-refractivity contribution is -0.139. The maximum atomic E-state index is 12.1. The number of methoxy groups -OCH3 is 1. The average molecular weight is 265 g/mol. The first kappa shape index (κ1) is 15.0. The Bertz CT molecular complexity index is 457. The topological polar surface area (TPSA) is 75.6 Å². The summed E-state index contributed by atoms with van der Waals surface area (Å²) in [5.41, 5.74) is 0.333. The molecule has 2 N–H and O–H groups in total. The highest BCUT2D eigenvalue weighted by molar-refractivity contribution is 5.98. The van der Waals surface area contributed by atoms with E-state index in [4.69, 9.17) is 9.84 Å². The van der Waals surface area contributed by atoms with Gasteiger partial charge in [0.2, 0.25) is 0 Å². The third-order valence-electron chi connectivity index (χ3n) is 2.66. The number of carbonyl (C=O) groups is 2. The normalized spacial score (nSPS) is 12.0. The molecule has 1 aromatic rings. The van der Waals surface area contributed by atoms with Crippen LogP contribution in [0.15, 0.2) is 24.3 Å². The van der Waals surface area contributed by atoms with Gasteiger partial charge in [-0.15, -0.1) is 0 Å². The summed E-state index contributed by atoms with van der Waals surface area (Å²) in [6, 6.07) is 5.82. The van der Waals surface area contributed by atoms with E-state index in [1.54, 1.807) is 24.3 Å². The van der Waals surface area contributed by atoms with Crippen molar-refractivity contribution in [3.8, 4) is 5.75 Å². The largest absolute Gasteiger partial charge is 0.496 e. The van der Waals surface area contributed by atoms with Gasteiger partial charge in [0.1, 0.15) is 11.8 Å². The van der Waals surface area contributed by atoms with E-state index in [0.717, 1.165) is 0 Å². The molecule has 0 aliphatic rings. The van der Waals surface area contributed by atoms with Crippen LogP contribution in [0.5, 0.6) is 5.75 Å². The standard InChI is InChI=1S/C14H19NO4/c1-9(2)8-11(14(17)18)15-13(16)10-6-4-5-7-12(10)19-3/h4-7,9,11H,8H2,1-3H3,(H,15,16)(H,17,18)/t11-/m0/s1. The Kier molecular flexibility index (Phi) is 5.36. The van der Waals surface area contributed by atoms with Gasteiger partial charge in [0.05, 0.1) is 12.7 Å². The Labute approximate surface area is 112 Å². The van der Waals surface area contributed by atoms with Crippen molar-refractivity contribution in [2.24, 2.45) is 5.92 Å². The molecule has 0 bridgehead atoms. The van der Waals surface area contributed by atoms with E-state index >= 15 is 0 Å². The Balaban J connectivity index is 2.84. The highest BCUT2D eigenvalue weighted by atomic mass is 16.5. The number of rotatable bonds is 6. The third kappa shape index (κ3) is 4.28.